The third-order valence-corrected chi connectivity index (χ3v) is 3.61. The van der Waals surface area contributed by atoms with Gasteiger partial charge < -0.3 is 15.2 Å². The summed E-state index contributed by atoms with van der Waals surface area (Å²) in [6, 6.07) is 0. The van der Waals surface area contributed by atoms with Crippen molar-refractivity contribution in [1.29, 1.82) is 0 Å². The molecule has 0 spiro atoms. The highest BCUT2D eigenvalue weighted by atomic mass is 16.5. The van der Waals surface area contributed by atoms with E-state index < -0.39 is 0 Å². The summed E-state index contributed by atoms with van der Waals surface area (Å²) in [4.78, 5) is 0. The lowest BCUT2D eigenvalue weighted by Gasteiger charge is -2.37. The summed E-state index contributed by atoms with van der Waals surface area (Å²) < 4.78 is 5.85. The summed E-state index contributed by atoms with van der Waals surface area (Å²) in [6.07, 6.45) is 4.31. The summed E-state index contributed by atoms with van der Waals surface area (Å²) in [6.45, 7) is 3.50. The Hall–Kier alpha value is -1.52. The Kier molecular flexibility index (Phi) is 3.36. The fraction of sp³-hybridized carbons (Fsp3) is 0.667. The Bertz CT molecular complexity index is 399. The lowest BCUT2D eigenvalue weighted by atomic mass is 9.78. The standard InChI is InChI=1S/C12H18N2O3/c1-7(13-15)11-8(2)17-10-6-4-3-5-9(10)12(11)14-16/h9-10,15-16H,3-6H2,1-2H3/b13-7+,14-12+/t9-,10-/m1/s1. The van der Waals surface area contributed by atoms with Gasteiger partial charge in [0.2, 0.25) is 0 Å². The monoisotopic (exact) mass is 238 g/mol. The zero-order chi connectivity index (χ0) is 12.4. The minimum absolute atomic E-state index is 0.102. The number of ether oxygens (including phenoxy) is 1. The van der Waals surface area contributed by atoms with E-state index in [2.05, 4.69) is 10.3 Å². The first-order valence-corrected chi connectivity index (χ1v) is 5.98. The fourth-order valence-electron chi connectivity index (χ4n) is 2.82. The van der Waals surface area contributed by atoms with Crippen molar-refractivity contribution in [2.75, 3.05) is 0 Å². The molecule has 0 bridgehead atoms. The summed E-state index contributed by atoms with van der Waals surface area (Å²) in [7, 11) is 0. The predicted octanol–water partition coefficient (Wildman–Crippen LogP) is 2.53. The number of hydrogen-bond acceptors (Lipinski definition) is 5. The van der Waals surface area contributed by atoms with Crippen LogP contribution in [-0.2, 0) is 4.74 Å². The molecule has 1 aliphatic heterocycles. The van der Waals surface area contributed by atoms with E-state index in [4.69, 9.17) is 9.94 Å². The second-order valence-electron chi connectivity index (χ2n) is 4.65. The molecule has 1 aliphatic carbocycles. The van der Waals surface area contributed by atoms with Gasteiger partial charge in [0.15, 0.2) is 0 Å². The van der Waals surface area contributed by atoms with Crippen molar-refractivity contribution in [1.82, 2.24) is 0 Å². The highest BCUT2D eigenvalue weighted by Crippen LogP contribution is 2.36. The van der Waals surface area contributed by atoms with Crippen LogP contribution in [0.3, 0.4) is 0 Å². The van der Waals surface area contributed by atoms with Crippen LogP contribution in [-0.4, -0.2) is 27.9 Å². The van der Waals surface area contributed by atoms with E-state index in [1.54, 1.807) is 6.92 Å². The molecular formula is C12H18N2O3. The molecule has 17 heavy (non-hydrogen) atoms. The third-order valence-electron chi connectivity index (χ3n) is 3.61. The van der Waals surface area contributed by atoms with Crippen LogP contribution in [0.15, 0.2) is 21.6 Å². The topological polar surface area (TPSA) is 74.4 Å². The molecule has 0 aromatic rings. The van der Waals surface area contributed by atoms with E-state index in [0.717, 1.165) is 25.7 Å². The maximum atomic E-state index is 9.22. The van der Waals surface area contributed by atoms with Crippen LogP contribution < -0.4 is 0 Å². The lowest BCUT2D eigenvalue weighted by Crippen LogP contribution is -2.40. The second kappa shape index (κ2) is 4.77. The number of allylic oxidation sites excluding steroid dienone is 2. The van der Waals surface area contributed by atoms with Gasteiger partial charge in [-0.3, -0.25) is 0 Å². The summed E-state index contributed by atoms with van der Waals surface area (Å²) in [5.74, 6) is 0.792. The smallest absolute Gasteiger partial charge is 0.107 e. The highest BCUT2D eigenvalue weighted by Gasteiger charge is 2.38. The van der Waals surface area contributed by atoms with Crippen molar-refractivity contribution in [3.8, 4) is 0 Å². The average molecular weight is 238 g/mol. The van der Waals surface area contributed by atoms with E-state index in [-0.39, 0.29) is 12.0 Å². The van der Waals surface area contributed by atoms with E-state index in [1.807, 2.05) is 6.92 Å². The van der Waals surface area contributed by atoms with Crippen LogP contribution in [0.4, 0.5) is 0 Å². The number of oxime groups is 2. The molecule has 2 aliphatic rings. The van der Waals surface area contributed by atoms with E-state index in [0.29, 0.717) is 22.8 Å². The number of nitrogens with zero attached hydrogens (tertiary/aromatic N) is 2. The van der Waals surface area contributed by atoms with Gasteiger partial charge in [-0.15, -0.1) is 0 Å². The first kappa shape index (κ1) is 12.0. The Labute approximate surface area is 100 Å². The molecule has 2 atom stereocenters. The molecule has 94 valence electrons. The molecule has 1 fully saturated rings. The van der Waals surface area contributed by atoms with Gasteiger partial charge in [-0.05, 0) is 33.1 Å². The first-order chi connectivity index (χ1) is 8.19. The zero-order valence-electron chi connectivity index (χ0n) is 10.2. The highest BCUT2D eigenvalue weighted by molar-refractivity contribution is 6.24. The molecule has 5 nitrogen and oxygen atoms in total. The normalized spacial score (nSPS) is 32.4. The maximum Gasteiger partial charge on any atom is 0.107 e. The maximum absolute atomic E-state index is 9.22. The summed E-state index contributed by atoms with van der Waals surface area (Å²) in [5, 5.41) is 24.7. The van der Waals surface area contributed by atoms with Crippen molar-refractivity contribution >= 4 is 11.4 Å². The molecule has 0 unspecified atom stereocenters. The molecule has 1 heterocycles. The van der Waals surface area contributed by atoms with Crippen LogP contribution in [0.25, 0.3) is 0 Å². The molecule has 0 saturated heterocycles. The largest absolute Gasteiger partial charge is 0.494 e. The molecule has 0 aromatic heterocycles. The lowest BCUT2D eigenvalue weighted by molar-refractivity contribution is 0.0511. The molecule has 2 N–H and O–H groups in total. The number of hydrogen-bond donors (Lipinski definition) is 2. The van der Waals surface area contributed by atoms with E-state index in [1.165, 1.54) is 0 Å². The van der Waals surface area contributed by atoms with Crippen molar-refractivity contribution < 1.29 is 15.2 Å². The second-order valence-corrected chi connectivity index (χ2v) is 4.65. The van der Waals surface area contributed by atoms with E-state index >= 15 is 0 Å². The number of fused-ring (bicyclic) bond motifs is 1. The van der Waals surface area contributed by atoms with Gasteiger partial charge in [0.05, 0.1) is 17.0 Å². The molecule has 0 radical (unpaired) electrons. The van der Waals surface area contributed by atoms with Crippen LogP contribution in [0, 0.1) is 5.92 Å². The van der Waals surface area contributed by atoms with Crippen molar-refractivity contribution in [2.24, 2.45) is 16.2 Å². The minimum atomic E-state index is 0.102. The van der Waals surface area contributed by atoms with Gasteiger partial charge in [0.25, 0.3) is 0 Å². The van der Waals surface area contributed by atoms with Gasteiger partial charge >= 0.3 is 0 Å². The first-order valence-electron chi connectivity index (χ1n) is 5.98. The van der Waals surface area contributed by atoms with E-state index in [9.17, 15) is 5.21 Å². The predicted molar refractivity (Wildman–Crippen MR) is 63.6 cm³/mol. The Morgan fingerprint density at radius 2 is 2.00 bits per heavy atom. The van der Waals surface area contributed by atoms with Crippen LogP contribution in [0.1, 0.15) is 39.5 Å². The van der Waals surface area contributed by atoms with Crippen LogP contribution in [0.5, 0.6) is 0 Å². The molecule has 0 amide bonds. The summed E-state index contributed by atoms with van der Waals surface area (Å²) >= 11 is 0. The van der Waals surface area contributed by atoms with Gasteiger partial charge in [0, 0.05) is 5.92 Å². The van der Waals surface area contributed by atoms with Gasteiger partial charge in [-0.2, -0.15) is 0 Å². The third kappa shape index (κ3) is 2.01. The van der Waals surface area contributed by atoms with Crippen molar-refractivity contribution in [3.63, 3.8) is 0 Å². The minimum Gasteiger partial charge on any atom is -0.494 e. The zero-order valence-corrected chi connectivity index (χ0v) is 10.2. The molecule has 5 heteroatoms. The van der Waals surface area contributed by atoms with Crippen LogP contribution in [0.2, 0.25) is 0 Å². The van der Waals surface area contributed by atoms with Gasteiger partial charge in [0.1, 0.15) is 11.9 Å². The SMILES string of the molecule is CC1=C(/C(C)=N/O)/C(=N/O)[C@@H]2CCCC[C@H]2O1. The quantitative estimate of drug-likeness (QED) is 0.419. The van der Waals surface area contributed by atoms with Gasteiger partial charge in [-0.25, -0.2) is 0 Å². The average Bonchev–Trinajstić information content (AvgIpc) is 2.36. The molecular weight excluding hydrogens is 220 g/mol. The Morgan fingerprint density at radius 3 is 2.65 bits per heavy atom. The number of rotatable bonds is 1. The Morgan fingerprint density at radius 1 is 1.29 bits per heavy atom. The molecule has 2 rings (SSSR count). The molecule has 1 saturated carbocycles. The molecule has 0 aromatic carbocycles. The summed E-state index contributed by atoms with van der Waals surface area (Å²) in [5.41, 5.74) is 1.67. The van der Waals surface area contributed by atoms with Crippen LogP contribution >= 0.6 is 0 Å². The van der Waals surface area contributed by atoms with Crippen molar-refractivity contribution in [2.45, 2.75) is 45.6 Å². The van der Waals surface area contributed by atoms with Gasteiger partial charge in [-0.1, -0.05) is 16.7 Å². The fourth-order valence-corrected chi connectivity index (χ4v) is 2.82. The Balaban J connectivity index is 2.42. The van der Waals surface area contributed by atoms with Crippen molar-refractivity contribution in [3.05, 3.63) is 11.3 Å².